The molecule has 0 aromatic heterocycles. The van der Waals surface area contributed by atoms with Gasteiger partial charge in [0.2, 0.25) is 10.0 Å². The van der Waals surface area contributed by atoms with Gasteiger partial charge in [0.15, 0.2) is 0 Å². The lowest BCUT2D eigenvalue weighted by molar-refractivity contribution is 0.587. The molecule has 0 radical (unpaired) electrons. The van der Waals surface area contributed by atoms with Gasteiger partial charge in [-0.25, -0.2) is 13.1 Å². The highest BCUT2D eigenvalue weighted by molar-refractivity contribution is 7.99. The summed E-state index contributed by atoms with van der Waals surface area (Å²) in [5.74, 6) is 0. The van der Waals surface area contributed by atoms with Crippen LogP contribution in [-0.2, 0) is 16.6 Å². The summed E-state index contributed by atoms with van der Waals surface area (Å²) in [7, 11) is -3.27. The minimum atomic E-state index is -3.27. The summed E-state index contributed by atoms with van der Waals surface area (Å²) in [5, 5.41) is 1.20. The van der Waals surface area contributed by atoms with E-state index in [2.05, 4.69) is 4.72 Å². The van der Waals surface area contributed by atoms with Crippen LogP contribution >= 0.6 is 35.0 Å². The van der Waals surface area contributed by atoms with Crippen molar-refractivity contribution < 1.29 is 8.42 Å². The van der Waals surface area contributed by atoms with E-state index in [4.69, 9.17) is 23.2 Å². The summed E-state index contributed by atoms with van der Waals surface area (Å²) in [6, 6.07) is 12.9. The van der Waals surface area contributed by atoms with Crippen LogP contribution in [-0.4, -0.2) is 14.7 Å². The van der Waals surface area contributed by atoms with Gasteiger partial charge < -0.3 is 0 Å². The fourth-order valence-corrected chi connectivity index (χ4v) is 3.45. The second kappa shape index (κ2) is 7.03. The molecule has 0 heterocycles. The maximum Gasteiger partial charge on any atom is 0.209 e. The third-order valence-corrected chi connectivity index (χ3v) is 5.01. The quantitative estimate of drug-likeness (QED) is 0.867. The van der Waals surface area contributed by atoms with Gasteiger partial charge in [-0.15, -0.1) is 0 Å². The molecule has 0 atom stereocenters. The van der Waals surface area contributed by atoms with Crippen LogP contribution in [0.1, 0.15) is 5.56 Å². The molecule has 2 aromatic carbocycles. The maximum atomic E-state index is 11.2. The lowest BCUT2D eigenvalue weighted by Gasteiger charge is -2.11. The molecule has 3 nitrogen and oxygen atoms in total. The monoisotopic (exact) mass is 361 g/mol. The van der Waals surface area contributed by atoms with Crippen LogP contribution in [0, 0.1) is 0 Å². The standard InChI is InChI=1S/C14H13Cl2NO2S2/c1-21(18,19)17-9-12-13(16)3-2-4-14(12)20-11-7-5-10(15)6-8-11/h2-8,17H,9H2,1H3. The van der Waals surface area contributed by atoms with Gasteiger partial charge in [-0.3, -0.25) is 0 Å². The van der Waals surface area contributed by atoms with E-state index in [1.165, 1.54) is 11.8 Å². The van der Waals surface area contributed by atoms with Crippen LogP contribution in [0.25, 0.3) is 0 Å². The van der Waals surface area contributed by atoms with Crippen molar-refractivity contribution >= 4 is 45.0 Å². The topological polar surface area (TPSA) is 46.2 Å². The van der Waals surface area contributed by atoms with Crippen LogP contribution in [0.4, 0.5) is 0 Å². The highest BCUT2D eigenvalue weighted by atomic mass is 35.5. The Kier molecular flexibility index (Phi) is 5.57. The fourth-order valence-electron chi connectivity index (χ4n) is 1.64. The minimum Gasteiger partial charge on any atom is -0.213 e. The molecule has 0 aliphatic carbocycles. The average molecular weight is 362 g/mol. The van der Waals surface area contributed by atoms with E-state index < -0.39 is 10.0 Å². The van der Waals surface area contributed by atoms with Gasteiger partial charge >= 0.3 is 0 Å². The molecule has 0 saturated heterocycles. The van der Waals surface area contributed by atoms with Gasteiger partial charge in [0.05, 0.1) is 6.26 Å². The minimum absolute atomic E-state index is 0.161. The molecular weight excluding hydrogens is 349 g/mol. The first-order chi connectivity index (χ1) is 9.85. The Morgan fingerprint density at radius 3 is 2.38 bits per heavy atom. The molecule has 7 heteroatoms. The van der Waals surface area contributed by atoms with Crippen LogP contribution < -0.4 is 4.72 Å². The van der Waals surface area contributed by atoms with E-state index in [0.717, 1.165) is 21.6 Å². The molecule has 2 rings (SSSR count). The van der Waals surface area contributed by atoms with Crippen molar-refractivity contribution in [3.8, 4) is 0 Å². The van der Waals surface area contributed by atoms with E-state index in [1.54, 1.807) is 6.07 Å². The maximum absolute atomic E-state index is 11.2. The molecule has 2 aromatic rings. The molecule has 21 heavy (non-hydrogen) atoms. The van der Waals surface area contributed by atoms with E-state index in [9.17, 15) is 8.42 Å². The highest BCUT2D eigenvalue weighted by Crippen LogP contribution is 2.34. The number of benzene rings is 2. The molecule has 0 unspecified atom stereocenters. The summed E-state index contributed by atoms with van der Waals surface area (Å²) >= 11 is 13.6. The predicted octanol–water partition coefficient (Wildman–Crippen LogP) is 4.19. The second-order valence-corrected chi connectivity index (χ2v) is 8.16. The molecular formula is C14H13Cl2NO2S2. The molecule has 0 amide bonds. The number of hydrogen-bond acceptors (Lipinski definition) is 3. The van der Waals surface area contributed by atoms with Crippen molar-refractivity contribution in [2.24, 2.45) is 0 Å². The molecule has 0 spiro atoms. The largest absolute Gasteiger partial charge is 0.213 e. The highest BCUT2D eigenvalue weighted by Gasteiger charge is 2.11. The number of halogens is 2. The fraction of sp³-hybridized carbons (Fsp3) is 0.143. The normalized spacial score (nSPS) is 11.6. The SMILES string of the molecule is CS(=O)(=O)NCc1c(Cl)cccc1Sc1ccc(Cl)cc1. The number of hydrogen-bond donors (Lipinski definition) is 1. The second-order valence-electron chi connectivity index (χ2n) is 4.37. The van der Waals surface area contributed by atoms with Crippen LogP contribution in [0.5, 0.6) is 0 Å². The van der Waals surface area contributed by atoms with Crippen LogP contribution in [0.2, 0.25) is 10.0 Å². The third-order valence-electron chi connectivity index (χ3n) is 2.63. The Morgan fingerprint density at radius 2 is 1.76 bits per heavy atom. The summed E-state index contributed by atoms with van der Waals surface area (Å²) in [4.78, 5) is 1.91. The zero-order valence-electron chi connectivity index (χ0n) is 11.1. The first-order valence-electron chi connectivity index (χ1n) is 6.00. The Balaban J connectivity index is 2.26. The van der Waals surface area contributed by atoms with Gasteiger partial charge in [-0.05, 0) is 42.0 Å². The van der Waals surface area contributed by atoms with Crippen molar-refractivity contribution in [3.05, 3.63) is 58.1 Å². The van der Waals surface area contributed by atoms with E-state index >= 15 is 0 Å². The van der Waals surface area contributed by atoms with Crippen LogP contribution in [0.15, 0.2) is 52.3 Å². The van der Waals surface area contributed by atoms with Crippen molar-refractivity contribution in [2.45, 2.75) is 16.3 Å². The van der Waals surface area contributed by atoms with Gasteiger partial charge in [-0.1, -0.05) is 41.0 Å². The number of rotatable bonds is 5. The molecule has 0 aliphatic heterocycles. The smallest absolute Gasteiger partial charge is 0.209 e. The summed E-state index contributed by atoms with van der Waals surface area (Å²) in [6.45, 7) is 0.161. The van der Waals surface area contributed by atoms with Gasteiger partial charge in [0.25, 0.3) is 0 Å². The summed E-state index contributed by atoms with van der Waals surface area (Å²) < 4.78 is 25.0. The van der Waals surface area contributed by atoms with E-state index in [-0.39, 0.29) is 6.54 Å². The zero-order chi connectivity index (χ0) is 15.5. The molecule has 112 valence electrons. The zero-order valence-corrected chi connectivity index (χ0v) is 14.3. The molecule has 0 fully saturated rings. The molecule has 1 N–H and O–H groups in total. The summed E-state index contributed by atoms with van der Waals surface area (Å²) in [5.41, 5.74) is 0.754. The third kappa shape index (κ3) is 5.20. The van der Waals surface area contributed by atoms with Crippen molar-refractivity contribution in [1.82, 2.24) is 4.72 Å². The van der Waals surface area contributed by atoms with Gasteiger partial charge in [-0.2, -0.15) is 0 Å². The Bertz CT molecular complexity index is 731. The predicted molar refractivity (Wildman–Crippen MR) is 88.7 cm³/mol. The van der Waals surface area contributed by atoms with Crippen molar-refractivity contribution in [1.29, 1.82) is 0 Å². The molecule has 0 aliphatic rings. The first kappa shape index (κ1) is 16.6. The van der Waals surface area contributed by atoms with E-state index in [1.807, 2.05) is 36.4 Å². The van der Waals surface area contributed by atoms with Crippen molar-refractivity contribution in [2.75, 3.05) is 6.26 Å². The Morgan fingerprint density at radius 1 is 1.10 bits per heavy atom. The molecule has 0 saturated carbocycles. The average Bonchev–Trinajstić information content (AvgIpc) is 2.39. The Hall–Kier alpha value is -0.720. The van der Waals surface area contributed by atoms with E-state index in [0.29, 0.717) is 10.0 Å². The lowest BCUT2D eigenvalue weighted by Crippen LogP contribution is -2.21. The van der Waals surface area contributed by atoms with Gasteiger partial charge in [0.1, 0.15) is 0 Å². The lowest BCUT2D eigenvalue weighted by atomic mass is 10.2. The Labute approximate surface area is 138 Å². The van der Waals surface area contributed by atoms with Crippen molar-refractivity contribution in [3.63, 3.8) is 0 Å². The van der Waals surface area contributed by atoms with Gasteiger partial charge in [0, 0.05) is 26.4 Å². The first-order valence-corrected chi connectivity index (χ1v) is 9.47. The van der Waals surface area contributed by atoms with Crippen LogP contribution in [0.3, 0.4) is 0 Å². The number of sulfonamides is 1. The molecule has 0 bridgehead atoms. The number of nitrogens with one attached hydrogen (secondary N) is 1. The summed E-state index contributed by atoms with van der Waals surface area (Å²) in [6.07, 6.45) is 1.12.